The van der Waals surface area contributed by atoms with Crippen LogP contribution in [0.5, 0.6) is 5.88 Å². The smallest absolute Gasteiger partial charge is 0.391 e. The highest BCUT2D eigenvalue weighted by Gasteiger charge is 2.41. The number of hydrogen-bond donors (Lipinski definition) is 0. The number of amides is 1. The zero-order valence-corrected chi connectivity index (χ0v) is 13.1. The van der Waals surface area contributed by atoms with Gasteiger partial charge in [-0.15, -0.1) is 0 Å². The van der Waals surface area contributed by atoms with Gasteiger partial charge in [0, 0.05) is 31.8 Å². The van der Waals surface area contributed by atoms with E-state index in [0.29, 0.717) is 24.7 Å². The standard InChI is InChI=1S/C16H19F3N2O3/c17-16(18,19)12-3-6-21(7-4-12)15(22)11-1-2-14(20-9-11)24-13-5-8-23-10-13/h1-2,9,12-13H,3-8,10H2/t13-/m1/s1. The predicted octanol–water partition coefficient (Wildman–Crippen LogP) is 2.66. The van der Waals surface area contributed by atoms with E-state index in [1.54, 1.807) is 12.1 Å². The summed E-state index contributed by atoms with van der Waals surface area (Å²) in [5.41, 5.74) is 0.357. The van der Waals surface area contributed by atoms with Gasteiger partial charge < -0.3 is 14.4 Å². The second kappa shape index (κ2) is 6.96. The minimum Gasteiger partial charge on any atom is -0.472 e. The van der Waals surface area contributed by atoms with Gasteiger partial charge >= 0.3 is 6.18 Å². The molecule has 0 N–H and O–H groups in total. The van der Waals surface area contributed by atoms with Crippen molar-refractivity contribution in [3.8, 4) is 5.88 Å². The van der Waals surface area contributed by atoms with Crippen LogP contribution in [0.15, 0.2) is 18.3 Å². The van der Waals surface area contributed by atoms with E-state index in [2.05, 4.69) is 4.98 Å². The lowest BCUT2D eigenvalue weighted by molar-refractivity contribution is -0.183. The topological polar surface area (TPSA) is 51.7 Å². The zero-order valence-electron chi connectivity index (χ0n) is 13.1. The van der Waals surface area contributed by atoms with Crippen LogP contribution in [0.1, 0.15) is 29.6 Å². The van der Waals surface area contributed by atoms with Crippen molar-refractivity contribution in [3.05, 3.63) is 23.9 Å². The highest BCUT2D eigenvalue weighted by Crippen LogP contribution is 2.34. The van der Waals surface area contributed by atoms with Gasteiger partial charge in [0.15, 0.2) is 0 Å². The molecule has 1 aromatic heterocycles. The van der Waals surface area contributed by atoms with Crippen LogP contribution in [-0.4, -0.2) is 54.4 Å². The van der Waals surface area contributed by atoms with E-state index in [4.69, 9.17) is 9.47 Å². The molecule has 8 heteroatoms. The lowest BCUT2D eigenvalue weighted by Gasteiger charge is -2.32. The second-order valence-corrected chi connectivity index (χ2v) is 6.10. The maximum absolute atomic E-state index is 12.7. The third-order valence-corrected chi connectivity index (χ3v) is 4.40. The summed E-state index contributed by atoms with van der Waals surface area (Å²) in [5, 5.41) is 0. The number of hydrogen-bond acceptors (Lipinski definition) is 4. The number of likely N-dealkylation sites (tertiary alicyclic amines) is 1. The van der Waals surface area contributed by atoms with Crippen molar-refractivity contribution in [3.63, 3.8) is 0 Å². The maximum atomic E-state index is 12.7. The summed E-state index contributed by atoms with van der Waals surface area (Å²) < 4.78 is 48.8. The number of alkyl halides is 3. The zero-order chi connectivity index (χ0) is 17.2. The number of nitrogens with zero attached hydrogens (tertiary/aromatic N) is 2. The van der Waals surface area contributed by atoms with Crippen molar-refractivity contribution in [1.29, 1.82) is 0 Å². The first-order valence-electron chi connectivity index (χ1n) is 8.00. The lowest BCUT2D eigenvalue weighted by Crippen LogP contribution is -2.42. The van der Waals surface area contributed by atoms with Gasteiger partial charge in [0.1, 0.15) is 6.10 Å². The molecule has 3 rings (SSSR count). The molecule has 0 aliphatic carbocycles. The predicted molar refractivity (Wildman–Crippen MR) is 78.8 cm³/mol. The van der Waals surface area contributed by atoms with Crippen LogP contribution in [-0.2, 0) is 4.74 Å². The van der Waals surface area contributed by atoms with Crippen LogP contribution in [0.25, 0.3) is 0 Å². The first-order valence-corrected chi connectivity index (χ1v) is 8.00. The van der Waals surface area contributed by atoms with Gasteiger partial charge in [-0.2, -0.15) is 13.2 Å². The summed E-state index contributed by atoms with van der Waals surface area (Å²) >= 11 is 0. The van der Waals surface area contributed by atoms with E-state index >= 15 is 0 Å². The van der Waals surface area contributed by atoms with E-state index in [1.165, 1.54) is 11.1 Å². The minimum absolute atomic E-state index is 0.0274. The van der Waals surface area contributed by atoms with Gasteiger partial charge in [-0.1, -0.05) is 0 Å². The highest BCUT2D eigenvalue weighted by atomic mass is 19.4. The molecule has 0 bridgehead atoms. The van der Waals surface area contributed by atoms with Gasteiger partial charge in [0.05, 0.1) is 24.7 Å². The number of aromatic nitrogens is 1. The van der Waals surface area contributed by atoms with Gasteiger partial charge in [-0.3, -0.25) is 4.79 Å². The van der Waals surface area contributed by atoms with Gasteiger partial charge in [0.25, 0.3) is 5.91 Å². The molecule has 0 spiro atoms. The molecular weight excluding hydrogens is 325 g/mol. The van der Waals surface area contributed by atoms with Crippen LogP contribution in [0, 0.1) is 5.92 Å². The Hall–Kier alpha value is -1.83. The molecule has 1 atom stereocenters. The molecule has 24 heavy (non-hydrogen) atoms. The molecule has 0 aromatic carbocycles. The van der Waals surface area contributed by atoms with Crippen molar-refractivity contribution in [2.24, 2.45) is 5.92 Å². The largest absolute Gasteiger partial charge is 0.472 e. The quantitative estimate of drug-likeness (QED) is 0.846. The molecule has 1 aromatic rings. The Balaban J connectivity index is 1.55. The third kappa shape index (κ3) is 3.98. The Morgan fingerprint density at radius 3 is 2.54 bits per heavy atom. The molecule has 0 radical (unpaired) electrons. The fourth-order valence-electron chi connectivity index (χ4n) is 2.95. The molecule has 3 heterocycles. The SMILES string of the molecule is O=C(c1ccc(O[C@@H]2CCOC2)nc1)N1CCC(C(F)(F)F)CC1. The molecule has 1 amide bonds. The Morgan fingerprint density at radius 1 is 1.25 bits per heavy atom. The molecule has 0 saturated carbocycles. The number of ether oxygens (including phenoxy) is 2. The van der Waals surface area contributed by atoms with E-state index in [1.807, 2.05) is 0 Å². The molecule has 2 fully saturated rings. The van der Waals surface area contributed by atoms with Crippen molar-refractivity contribution in [2.75, 3.05) is 26.3 Å². The second-order valence-electron chi connectivity index (χ2n) is 6.10. The Kier molecular flexibility index (Phi) is 4.93. The molecule has 0 unspecified atom stereocenters. The van der Waals surface area contributed by atoms with Crippen LogP contribution in [0.2, 0.25) is 0 Å². The monoisotopic (exact) mass is 344 g/mol. The summed E-state index contributed by atoms with van der Waals surface area (Å²) in [4.78, 5) is 17.9. The van der Waals surface area contributed by atoms with E-state index in [-0.39, 0.29) is 37.9 Å². The van der Waals surface area contributed by atoms with Crippen molar-refractivity contribution in [1.82, 2.24) is 9.88 Å². The summed E-state index contributed by atoms with van der Waals surface area (Å²) in [6, 6.07) is 3.20. The Bertz CT molecular complexity index is 563. The number of rotatable bonds is 3. The van der Waals surface area contributed by atoms with Crippen LogP contribution in [0.4, 0.5) is 13.2 Å². The number of carbonyl (C=O) groups is 1. The number of pyridine rings is 1. The Morgan fingerprint density at radius 2 is 2.00 bits per heavy atom. The first-order chi connectivity index (χ1) is 11.4. The average Bonchev–Trinajstić information content (AvgIpc) is 3.07. The van der Waals surface area contributed by atoms with Gasteiger partial charge in [-0.25, -0.2) is 4.98 Å². The summed E-state index contributed by atoms with van der Waals surface area (Å²) in [7, 11) is 0. The van der Waals surface area contributed by atoms with Crippen LogP contribution < -0.4 is 4.74 Å². The fourth-order valence-corrected chi connectivity index (χ4v) is 2.95. The van der Waals surface area contributed by atoms with Gasteiger partial charge in [-0.05, 0) is 18.9 Å². The first kappa shape index (κ1) is 17.0. The maximum Gasteiger partial charge on any atom is 0.391 e. The highest BCUT2D eigenvalue weighted by molar-refractivity contribution is 5.94. The normalized spacial score (nSPS) is 22.6. The van der Waals surface area contributed by atoms with Crippen molar-refractivity contribution in [2.45, 2.75) is 31.5 Å². The van der Waals surface area contributed by atoms with Gasteiger partial charge in [0.2, 0.25) is 5.88 Å². The molecule has 132 valence electrons. The summed E-state index contributed by atoms with van der Waals surface area (Å²) in [6.45, 7) is 1.41. The fraction of sp³-hybridized carbons (Fsp3) is 0.625. The molecule has 5 nitrogen and oxygen atoms in total. The number of piperidine rings is 1. The Labute approximate surface area is 137 Å². The van der Waals surface area contributed by atoms with Crippen molar-refractivity contribution < 1.29 is 27.4 Å². The number of carbonyl (C=O) groups excluding carboxylic acids is 1. The average molecular weight is 344 g/mol. The minimum atomic E-state index is -4.18. The summed E-state index contributed by atoms with van der Waals surface area (Å²) in [6.07, 6.45) is -2.10. The molecule has 2 saturated heterocycles. The number of halogens is 3. The van der Waals surface area contributed by atoms with E-state index in [9.17, 15) is 18.0 Å². The molecule has 2 aliphatic heterocycles. The van der Waals surface area contributed by atoms with Crippen LogP contribution >= 0.6 is 0 Å². The van der Waals surface area contributed by atoms with E-state index < -0.39 is 12.1 Å². The van der Waals surface area contributed by atoms with E-state index in [0.717, 1.165) is 6.42 Å². The molecular formula is C16H19F3N2O3. The van der Waals surface area contributed by atoms with Crippen LogP contribution in [0.3, 0.4) is 0 Å². The summed E-state index contributed by atoms with van der Waals surface area (Å²) in [5.74, 6) is -1.19. The molecule has 2 aliphatic rings. The van der Waals surface area contributed by atoms with Crippen molar-refractivity contribution >= 4 is 5.91 Å². The lowest BCUT2D eigenvalue weighted by atomic mass is 9.96. The third-order valence-electron chi connectivity index (χ3n) is 4.40.